The van der Waals surface area contributed by atoms with E-state index in [9.17, 15) is 4.79 Å². The van der Waals surface area contributed by atoms with Crippen LogP contribution in [0.5, 0.6) is 0 Å². The molecule has 4 N–H and O–H groups in total. The van der Waals surface area contributed by atoms with Gasteiger partial charge in [0.15, 0.2) is 5.82 Å². The molecular weight excluding hydrogens is 216 g/mol. The zero-order valence-corrected chi connectivity index (χ0v) is 11.2. The van der Waals surface area contributed by atoms with Crippen molar-refractivity contribution in [3.63, 3.8) is 0 Å². The Labute approximate surface area is 102 Å². The predicted octanol–water partition coefficient (Wildman–Crippen LogP) is 1.73. The second-order valence-electron chi connectivity index (χ2n) is 5.55. The van der Waals surface area contributed by atoms with Crippen LogP contribution >= 0.6 is 0 Å². The molecule has 0 radical (unpaired) electrons. The van der Waals surface area contributed by atoms with E-state index in [2.05, 4.69) is 15.5 Å². The van der Waals surface area contributed by atoms with Crippen LogP contribution in [0.3, 0.4) is 0 Å². The van der Waals surface area contributed by atoms with Crippen molar-refractivity contribution in [2.45, 2.75) is 47.1 Å². The number of rotatable bonds is 3. The zero-order chi connectivity index (χ0) is 13.2. The van der Waals surface area contributed by atoms with E-state index >= 15 is 0 Å². The monoisotopic (exact) mass is 238 g/mol. The van der Waals surface area contributed by atoms with E-state index in [4.69, 9.17) is 5.73 Å². The van der Waals surface area contributed by atoms with E-state index in [1.54, 1.807) is 0 Å². The topological polar surface area (TPSA) is 83.8 Å². The Balaban J connectivity index is 2.59. The number of anilines is 1. The van der Waals surface area contributed by atoms with Gasteiger partial charge in [-0.25, -0.2) is 0 Å². The summed E-state index contributed by atoms with van der Waals surface area (Å²) in [5.41, 5.74) is 7.80. The largest absolute Gasteiger partial charge is 0.327 e. The molecular formula is C12H22N4O. The molecule has 1 amide bonds. The Morgan fingerprint density at radius 1 is 1.47 bits per heavy atom. The van der Waals surface area contributed by atoms with E-state index in [-0.39, 0.29) is 17.4 Å². The van der Waals surface area contributed by atoms with Crippen molar-refractivity contribution in [1.82, 2.24) is 10.2 Å². The average molecular weight is 238 g/mol. The molecule has 96 valence electrons. The van der Waals surface area contributed by atoms with E-state index < -0.39 is 0 Å². The fraction of sp³-hybridized carbons (Fsp3) is 0.667. The number of nitrogens with one attached hydrogen (secondary N) is 2. The Morgan fingerprint density at radius 2 is 2.06 bits per heavy atom. The van der Waals surface area contributed by atoms with Crippen LogP contribution in [0, 0.1) is 19.3 Å². The summed E-state index contributed by atoms with van der Waals surface area (Å²) in [6, 6.07) is -0.164. The first-order valence-corrected chi connectivity index (χ1v) is 5.79. The van der Waals surface area contributed by atoms with E-state index in [1.165, 1.54) is 0 Å². The fourth-order valence-corrected chi connectivity index (χ4v) is 1.30. The SMILES string of the molecule is Cc1[nH]nc(NC(=O)CC(N)C(C)(C)C)c1C. The molecule has 1 unspecified atom stereocenters. The quantitative estimate of drug-likeness (QED) is 0.749. The molecule has 0 bridgehead atoms. The molecule has 0 saturated carbocycles. The highest BCUT2D eigenvalue weighted by Gasteiger charge is 2.23. The second-order valence-corrected chi connectivity index (χ2v) is 5.55. The minimum Gasteiger partial charge on any atom is -0.327 e. The summed E-state index contributed by atoms with van der Waals surface area (Å²) >= 11 is 0. The third-order valence-electron chi connectivity index (χ3n) is 3.03. The van der Waals surface area contributed by atoms with Gasteiger partial charge in [-0.2, -0.15) is 5.10 Å². The highest BCUT2D eigenvalue weighted by atomic mass is 16.1. The Hall–Kier alpha value is -1.36. The first kappa shape index (κ1) is 13.7. The van der Waals surface area contributed by atoms with Crippen LogP contribution in [0.25, 0.3) is 0 Å². The number of hydrogen-bond donors (Lipinski definition) is 3. The van der Waals surface area contributed by atoms with Crippen LogP contribution in [0.4, 0.5) is 5.82 Å². The van der Waals surface area contributed by atoms with Gasteiger partial charge >= 0.3 is 0 Å². The second kappa shape index (κ2) is 4.87. The molecule has 5 heteroatoms. The Kier molecular flexibility index (Phi) is 3.93. The van der Waals surface area contributed by atoms with Gasteiger partial charge in [0.05, 0.1) is 0 Å². The molecule has 1 aromatic heterocycles. The number of aromatic amines is 1. The number of carbonyl (C=O) groups is 1. The lowest BCUT2D eigenvalue weighted by Crippen LogP contribution is -2.38. The van der Waals surface area contributed by atoms with Gasteiger partial charge in [0, 0.05) is 23.7 Å². The third-order valence-corrected chi connectivity index (χ3v) is 3.03. The first-order valence-electron chi connectivity index (χ1n) is 5.79. The van der Waals surface area contributed by atoms with Gasteiger partial charge < -0.3 is 11.1 Å². The normalized spacial score (nSPS) is 13.5. The maximum absolute atomic E-state index is 11.8. The van der Waals surface area contributed by atoms with Gasteiger partial charge in [0.25, 0.3) is 0 Å². The highest BCUT2D eigenvalue weighted by molar-refractivity contribution is 5.90. The summed E-state index contributed by atoms with van der Waals surface area (Å²) in [6.45, 7) is 9.90. The van der Waals surface area contributed by atoms with Crippen molar-refractivity contribution in [2.24, 2.45) is 11.1 Å². The summed E-state index contributed by atoms with van der Waals surface area (Å²) < 4.78 is 0. The number of nitrogens with zero attached hydrogens (tertiary/aromatic N) is 1. The lowest BCUT2D eigenvalue weighted by atomic mass is 9.85. The Bertz CT molecular complexity index is 403. The third kappa shape index (κ3) is 3.56. The van der Waals surface area contributed by atoms with E-state index in [1.807, 2.05) is 34.6 Å². The molecule has 0 aromatic carbocycles. The van der Waals surface area contributed by atoms with Gasteiger partial charge in [-0.05, 0) is 19.3 Å². The standard InChI is InChI=1S/C12H22N4O/c1-7-8(2)15-16-11(7)14-10(17)6-9(13)12(3,4)5/h9H,6,13H2,1-5H3,(H2,14,15,16,17). The summed E-state index contributed by atoms with van der Waals surface area (Å²) in [6.07, 6.45) is 0.300. The number of aromatic nitrogens is 2. The van der Waals surface area contributed by atoms with Gasteiger partial charge in [0.1, 0.15) is 0 Å². The molecule has 17 heavy (non-hydrogen) atoms. The molecule has 0 aliphatic heterocycles. The van der Waals surface area contributed by atoms with Crippen LogP contribution in [0.2, 0.25) is 0 Å². The summed E-state index contributed by atoms with van der Waals surface area (Å²) in [5.74, 6) is 0.496. The molecule has 0 spiro atoms. The van der Waals surface area contributed by atoms with E-state index in [0.717, 1.165) is 11.3 Å². The molecule has 0 fully saturated rings. The molecule has 1 aromatic rings. The molecule has 1 atom stereocenters. The van der Waals surface area contributed by atoms with Crippen LogP contribution in [-0.4, -0.2) is 22.1 Å². The fourth-order valence-electron chi connectivity index (χ4n) is 1.30. The van der Waals surface area contributed by atoms with Gasteiger partial charge in [-0.3, -0.25) is 9.89 Å². The minimum atomic E-state index is -0.164. The maximum atomic E-state index is 11.8. The smallest absolute Gasteiger partial charge is 0.227 e. The maximum Gasteiger partial charge on any atom is 0.227 e. The van der Waals surface area contributed by atoms with Crippen molar-refractivity contribution in [1.29, 1.82) is 0 Å². The van der Waals surface area contributed by atoms with Crippen molar-refractivity contribution >= 4 is 11.7 Å². The molecule has 5 nitrogen and oxygen atoms in total. The molecule has 1 rings (SSSR count). The molecule has 1 heterocycles. The predicted molar refractivity (Wildman–Crippen MR) is 68.7 cm³/mol. The lowest BCUT2D eigenvalue weighted by molar-refractivity contribution is -0.117. The lowest BCUT2D eigenvalue weighted by Gasteiger charge is -2.26. The molecule has 0 aliphatic carbocycles. The summed E-state index contributed by atoms with van der Waals surface area (Å²) in [5, 5.41) is 9.63. The van der Waals surface area contributed by atoms with Crippen molar-refractivity contribution in [3.05, 3.63) is 11.3 Å². The number of carbonyl (C=O) groups excluding carboxylic acids is 1. The van der Waals surface area contributed by atoms with E-state index in [0.29, 0.717) is 12.2 Å². The number of amides is 1. The minimum absolute atomic E-state index is 0.0755. The van der Waals surface area contributed by atoms with Crippen molar-refractivity contribution in [2.75, 3.05) is 5.32 Å². The van der Waals surface area contributed by atoms with Crippen LogP contribution in [-0.2, 0) is 4.79 Å². The number of nitrogens with two attached hydrogens (primary N) is 1. The molecule has 0 saturated heterocycles. The average Bonchev–Trinajstić information content (AvgIpc) is 2.48. The highest BCUT2D eigenvalue weighted by Crippen LogP contribution is 2.20. The van der Waals surface area contributed by atoms with Crippen LogP contribution in [0.1, 0.15) is 38.4 Å². The van der Waals surface area contributed by atoms with Crippen molar-refractivity contribution in [3.8, 4) is 0 Å². The molecule has 0 aliphatic rings. The van der Waals surface area contributed by atoms with Crippen LogP contribution in [0.15, 0.2) is 0 Å². The summed E-state index contributed by atoms with van der Waals surface area (Å²) in [7, 11) is 0. The van der Waals surface area contributed by atoms with Crippen molar-refractivity contribution < 1.29 is 4.79 Å². The number of aryl methyl sites for hydroxylation is 1. The summed E-state index contributed by atoms with van der Waals surface area (Å²) in [4.78, 5) is 11.8. The van der Waals surface area contributed by atoms with Gasteiger partial charge in [-0.1, -0.05) is 20.8 Å². The number of H-pyrrole nitrogens is 1. The first-order chi connectivity index (χ1) is 7.71. The Morgan fingerprint density at radius 3 is 2.47 bits per heavy atom. The zero-order valence-electron chi connectivity index (χ0n) is 11.2. The van der Waals surface area contributed by atoms with Gasteiger partial charge in [-0.15, -0.1) is 0 Å². The van der Waals surface area contributed by atoms with Crippen LogP contribution < -0.4 is 11.1 Å². The van der Waals surface area contributed by atoms with Gasteiger partial charge in [0.2, 0.25) is 5.91 Å². The number of hydrogen-bond acceptors (Lipinski definition) is 3.